The first-order chi connectivity index (χ1) is 10.2. The molecule has 114 valence electrons. The van der Waals surface area contributed by atoms with Gasteiger partial charge in [-0.3, -0.25) is 4.68 Å². The minimum Gasteiger partial charge on any atom is -0.496 e. The minimum absolute atomic E-state index is 0.102. The summed E-state index contributed by atoms with van der Waals surface area (Å²) in [6.07, 6.45) is 1.73. The predicted molar refractivity (Wildman–Crippen MR) is 83.4 cm³/mol. The Morgan fingerprint density at radius 2 is 2.00 bits per heavy atom. The van der Waals surface area contributed by atoms with E-state index >= 15 is 0 Å². The van der Waals surface area contributed by atoms with Crippen molar-refractivity contribution in [3.63, 3.8) is 0 Å². The lowest BCUT2D eigenvalue weighted by atomic mass is 10.0. The summed E-state index contributed by atoms with van der Waals surface area (Å²) >= 11 is 6.04. The number of methoxy groups -OCH3 is 2. The number of hydrogen-bond acceptors (Lipinski definition) is 4. The van der Waals surface area contributed by atoms with E-state index in [1.807, 2.05) is 30.8 Å². The normalized spacial score (nSPS) is 12.2. The Morgan fingerprint density at radius 3 is 2.57 bits per heavy atom. The lowest BCUT2D eigenvalue weighted by Crippen LogP contribution is -2.22. The molecule has 6 heteroatoms. The first-order valence-electron chi connectivity index (χ1n) is 6.76. The third-order valence-corrected chi connectivity index (χ3v) is 3.67. The molecule has 0 bridgehead atoms. The molecule has 1 aromatic heterocycles. The van der Waals surface area contributed by atoms with Gasteiger partial charge in [-0.2, -0.15) is 5.10 Å². The van der Waals surface area contributed by atoms with E-state index in [9.17, 15) is 0 Å². The van der Waals surface area contributed by atoms with Crippen molar-refractivity contribution in [2.24, 2.45) is 0 Å². The van der Waals surface area contributed by atoms with Crippen LogP contribution in [0.1, 0.15) is 24.2 Å². The van der Waals surface area contributed by atoms with Gasteiger partial charge in [0.2, 0.25) is 0 Å². The van der Waals surface area contributed by atoms with Crippen LogP contribution >= 0.6 is 11.6 Å². The third-order valence-electron chi connectivity index (χ3n) is 3.43. The summed E-state index contributed by atoms with van der Waals surface area (Å²) in [5.74, 6) is 1.47. The lowest BCUT2D eigenvalue weighted by molar-refractivity contribution is 0.391. The third kappa shape index (κ3) is 2.99. The van der Waals surface area contributed by atoms with Gasteiger partial charge in [-0.1, -0.05) is 17.7 Å². The van der Waals surface area contributed by atoms with Gasteiger partial charge >= 0.3 is 0 Å². The summed E-state index contributed by atoms with van der Waals surface area (Å²) in [6.45, 7) is 2.80. The van der Waals surface area contributed by atoms with Crippen LogP contribution in [0.5, 0.6) is 11.5 Å². The Labute approximate surface area is 129 Å². The molecule has 0 amide bonds. The highest BCUT2D eigenvalue weighted by molar-refractivity contribution is 6.30. The average molecular weight is 310 g/mol. The first-order valence-corrected chi connectivity index (χ1v) is 7.14. The fourth-order valence-electron chi connectivity index (χ4n) is 2.44. The molecule has 0 aliphatic carbocycles. The van der Waals surface area contributed by atoms with Gasteiger partial charge in [-0.05, 0) is 26.1 Å². The summed E-state index contributed by atoms with van der Waals surface area (Å²) in [5.41, 5.74) is 1.95. The Kier molecular flexibility index (Phi) is 5.09. The van der Waals surface area contributed by atoms with Crippen LogP contribution < -0.4 is 14.8 Å². The molecule has 1 N–H and O–H groups in total. The van der Waals surface area contributed by atoms with E-state index in [1.165, 1.54) is 0 Å². The minimum atomic E-state index is -0.102. The topological polar surface area (TPSA) is 48.3 Å². The number of ether oxygens (including phenoxy) is 2. The second kappa shape index (κ2) is 6.83. The summed E-state index contributed by atoms with van der Waals surface area (Å²) in [5, 5.41) is 8.30. The van der Waals surface area contributed by atoms with Gasteiger partial charge in [-0.15, -0.1) is 0 Å². The Morgan fingerprint density at radius 1 is 1.29 bits per heavy atom. The van der Waals surface area contributed by atoms with Gasteiger partial charge in [0.25, 0.3) is 0 Å². The van der Waals surface area contributed by atoms with Gasteiger partial charge in [0, 0.05) is 17.1 Å². The maximum Gasteiger partial charge on any atom is 0.161 e. The van der Waals surface area contributed by atoms with Crippen LogP contribution in [0, 0.1) is 0 Å². The average Bonchev–Trinajstić information content (AvgIpc) is 2.92. The van der Waals surface area contributed by atoms with Crippen molar-refractivity contribution in [3.8, 4) is 11.5 Å². The summed E-state index contributed by atoms with van der Waals surface area (Å²) in [4.78, 5) is 0. The molecule has 2 rings (SSSR count). The zero-order chi connectivity index (χ0) is 15.4. The van der Waals surface area contributed by atoms with Crippen LogP contribution in [-0.2, 0) is 6.54 Å². The number of aromatic nitrogens is 2. The molecule has 1 unspecified atom stereocenters. The number of hydrogen-bond donors (Lipinski definition) is 1. The second-order valence-corrected chi connectivity index (χ2v) is 4.96. The molecule has 0 fully saturated rings. The molecule has 5 nitrogen and oxygen atoms in total. The van der Waals surface area contributed by atoms with E-state index in [0.29, 0.717) is 5.02 Å². The molecule has 1 heterocycles. The quantitative estimate of drug-likeness (QED) is 0.891. The Bertz CT molecular complexity index is 591. The Hall–Kier alpha value is -1.72. The van der Waals surface area contributed by atoms with E-state index in [1.54, 1.807) is 26.5 Å². The highest BCUT2D eigenvalue weighted by atomic mass is 35.5. The lowest BCUT2D eigenvalue weighted by Gasteiger charge is -2.21. The predicted octanol–water partition coefficient (Wildman–Crippen LogP) is 2.88. The molecule has 0 saturated heterocycles. The number of aryl methyl sites for hydroxylation is 1. The zero-order valence-electron chi connectivity index (χ0n) is 12.7. The number of nitrogens with one attached hydrogen (secondary N) is 1. The molecular formula is C15H20ClN3O2. The largest absolute Gasteiger partial charge is 0.496 e. The molecule has 21 heavy (non-hydrogen) atoms. The van der Waals surface area contributed by atoms with E-state index < -0.39 is 0 Å². The second-order valence-electron chi connectivity index (χ2n) is 4.52. The van der Waals surface area contributed by atoms with Crippen molar-refractivity contribution in [2.75, 3.05) is 21.3 Å². The molecule has 2 aromatic rings. The highest BCUT2D eigenvalue weighted by Crippen LogP contribution is 2.35. The van der Waals surface area contributed by atoms with Gasteiger partial charge in [-0.25, -0.2) is 0 Å². The van der Waals surface area contributed by atoms with Gasteiger partial charge < -0.3 is 14.8 Å². The zero-order valence-corrected chi connectivity index (χ0v) is 13.4. The molecule has 0 saturated carbocycles. The van der Waals surface area contributed by atoms with Crippen molar-refractivity contribution in [2.45, 2.75) is 19.5 Å². The molecule has 1 aromatic carbocycles. The smallest absolute Gasteiger partial charge is 0.161 e. The van der Waals surface area contributed by atoms with Gasteiger partial charge in [0.05, 0.1) is 26.5 Å². The summed E-state index contributed by atoms with van der Waals surface area (Å²) in [6, 6.07) is 5.51. The number of nitrogens with zero attached hydrogens (tertiary/aromatic N) is 2. The standard InChI is InChI=1S/C15H20ClN3O2/c1-5-19-15(13(21-4)9-18-19)14(17-2)11-7-6-10(16)8-12(11)20-3/h6-9,14,17H,5H2,1-4H3. The molecule has 0 aliphatic rings. The fourth-order valence-corrected chi connectivity index (χ4v) is 2.60. The van der Waals surface area contributed by atoms with Crippen molar-refractivity contribution < 1.29 is 9.47 Å². The summed E-state index contributed by atoms with van der Waals surface area (Å²) < 4.78 is 12.8. The van der Waals surface area contributed by atoms with E-state index in [0.717, 1.165) is 29.3 Å². The van der Waals surface area contributed by atoms with Crippen molar-refractivity contribution in [1.82, 2.24) is 15.1 Å². The summed E-state index contributed by atoms with van der Waals surface area (Å²) in [7, 11) is 5.17. The first kappa shape index (κ1) is 15.7. The molecule has 1 atom stereocenters. The molecule has 0 aliphatic heterocycles. The number of rotatable bonds is 6. The fraction of sp³-hybridized carbons (Fsp3) is 0.400. The van der Waals surface area contributed by atoms with E-state index in [2.05, 4.69) is 10.4 Å². The van der Waals surface area contributed by atoms with Gasteiger partial charge in [0.15, 0.2) is 5.75 Å². The van der Waals surface area contributed by atoms with Crippen LogP contribution in [0.4, 0.5) is 0 Å². The molecule has 0 radical (unpaired) electrons. The van der Waals surface area contributed by atoms with Crippen molar-refractivity contribution in [3.05, 3.63) is 40.7 Å². The number of benzene rings is 1. The monoisotopic (exact) mass is 309 g/mol. The van der Waals surface area contributed by atoms with Crippen molar-refractivity contribution >= 4 is 11.6 Å². The molecular weight excluding hydrogens is 290 g/mol. The SMILES string of the molecule is CCn1ncc(OC)c1C(NC)c1ccc(Cl)cc1OC. The van der Waals surface area contributed by atoms with Crippen LogP contribution in [0.15, 0.2) is 24.4 Å². The van der Waals surface area contributed by atoms with E-state index in [-0.39, 0.29) is 6.04 Å². The highest BCUT2D eigenvalue weighted by Gasteiger charge is 2.24. The maximum absolute atomic E-state index is 6.04. The van der Waals surface area contributed by atoms with Gasteiger partial charge in [0.1, 0.15) is 11.4 Å². The Balaban J connectivity index is 2.57. The van der Waals surface area contributed by atoms with Crippen molar-refractivity contribution in [1.29, 1.82) is 0 Å². The van der Waals surface area contributed by atoms with Crippen LogP contribution in [-0.4, -0.2) is 31.0 Å². The number of halogens is 1. The maximum atomic E-state index is 6.04. The van der Waals surface area contributed by atoms with Crippen LogP contribution in [0.2, 0.25) is 5.02 Å². The molecule has 0 spiro atoms. The van der Waals surface area contributed by atoms with Crippen LogP contribution in [0.25, 0.3) is 0 Å². The van der Waals surface area contributed by atoms with Crippen LogP contribution in [0.3, 0.4) is 0 Å². The van der Waals surface area contributed by atoms with E-state index in [4.69, 9.17) is 21.1 Å².